The number of oxazole rings is 1. The number of rotatable bonds is 6. The van der Waals surface area contributed by atoms with E-state index in [2.05, 4.69) is 53.3 Å². The van der Waals surface area contributed by atoms with Crippen molar-refractivity contribution in [3.63, 3.8) is 0 Å². The highest BCUT2D eigenvalue weighted by Crippen LogP contribution is 2.19. The minimum atomic E-state index is -0.00235. The Bertz CT molecular complexity index is 1000. The Morgan fingerprint density at radius 1 is 1.03 bits per heavy atom. The summed E-state index contributed by atoms with van der Waals surface area (Å²) >= 11 is 0. The van der Waals surface area contributed by atoms with E-state index in [1.165, 1.54) is 16.7 Å². The van der Waals surface area contributed by atoms with Gasteiger partial charge >= 0.3 is 6.03 Å². The molecular weight excluding hydrogens is 388 g/mol. The average molecular weight is 419 g/mol. The number of urea groups is 1. The van der Waals surface area contributed by atoms with Crippen molar-refractivity contribution in [3.8, 4) is 11.5 Å². The minimum Gasteiger partial charge on any atom is -0.444 e. The van der Waals surface area contributed by atoms with Gasteiger partial charge in [0.25, 0.3) is 0 Å². The minimum absolute atomic E-state index is 0.00235. The highest BCUT2D eigenvalue weighted by Gasteiger charge is 2.21. The first-order valence-electron chi connectivity index (χ1n) is 10.9. The van der Waals surface area contributed by atoms with E-state index < -0.39 is 0 Å². The van der Waals surface area contributed by atoms with Crippen molar-refractivity contribution in [1.29, 1.82) is 0 Å². The zero-order valence-electron chi connectivity index (χ0n) is 18.3. The van der Waals surface area contributed by atoms with Crippen LogP contribution in [0, 0.1) is 13.8 Å². The number of benzene rings is 2. The second-order valence-electron chi connectivity index (χ2n) is 8.24. The van der Waals surface area contributed by atoms with Crippen LogP contribution >= 0.6 is 0 Å². The van der Waals surface area contributed by atoms with Crippen LogP contribution < -0.4 is 5.32 Å². The zero-order valence-corrected chi connectivity index (χ0v) is 18.3. The van der Waals surface area contributed by atoms with Crippen molar-refractivity contribution in [3.05, 3.63) is 77.2 Å². The summed E-state index contributed by atoms with van der Waals surface area (Å²) in [5.74, 6) is 0.617. The van der Waals surface area contributed by atoms with E-state index in [1.807, 2.05) is 29.2 Å². The molecule has 4 rings (SSSR count). The molecule has 1 saturated heterocycles. The molecule has 0 spiro atoms. The average Bonchev–Trinajstić information content (AvgIpc) is 3.24. The molecule has 2 heterocycles. The smallest absolute Gasteiger partial charge is 0.317 e. The van der Waals surface area contributed by atoms with Gasteiger partial charge < -0.3 is 14.6 Å². The molecule has 0 aliphatic carbocycles. The quantitative estimate of drug-likeness (QED) is 0.657. The van der Waals surface area contributed by atoms with E-state index in [0.29, 0.717) is 18.9 Å². The van der Waals surface area contributed by atoms with Crippen LogP contribution in [0.3, 0.4) is 0 Å². The van der Waals surface area contributed by atoms with Gasteiger partial charge in [0, 0.05) is 51.3 Å². The third kappa shape index (κ3) is 5.73. The number of aromatic nitrogens is 1. The third-order valence-corrected chi connectivity index (χ3v) is 5.66. The fourth-order valence-corrected chi connectivity index (χ4v) is 3.84. The maximum absolute atomic E-state index is 12.5. The van der Waals surface area contributed by atoms with Crippen LogP contribution in [-0.2, 0) is 13.0 Å². The maximum Gasteiger partial charge on any atom is 0.317 e. The van der Waals surface area contributed by atoms with Crippen molar-refractivity contribution in [1.82, 2.24) is 20.1 Å². The molecule has 31 heavy (non-hydrogen) atoms. The lowest BCUT2D eigenvalue weighted by molar-refractivity contribution is 0.135. The van der Waals surface area contributed by atoms with Crippen molar-refractivity contribution < 1.29 is 9.21 Å². The number of carbonyl (C=O) groups is 1. The summed E-state index contributed by atoms with van der Waals surface area (Å²) in [5.41, 5.74) is 5.63. The zero-order chi connectivity index (χ0) is 21.6. The maximum atomic E-state index is 12.5. The summed E-state index contributed by atoms with van der Waals surface area (Å²) in [6.45, 7) is 8.94. The van der Waals surface area contributed by atoms with Crippen LogP contribution in [0.1, 0.15) is 22.4 Å². The van der Waals surface area contributed by atoms with E-state index in [4.69, 9.17) is 4.42 Å². The summed E-state index contributed by atoms with van der Waals surface area (Å²) in [6.07, 6.45) is 2.32. The van der Waals surface area contributed by atoms with Gasteiger partial charge in [-0.3, -0.25) is 4.90 Å². The standard InChI is InChI=1S/C25H30N4O2/c1-19-6-8-22(9-7-19)24-27-23(18-31-24)10-11-26-25(30)29-14-12-28(13-15-29)17-21-5-3-4-20(2)16-21/h3-9,16,18H,10-15,17H2,1-2H3,(H,26,30). The van der Waals surface area contributed by atoms with Crippen LogP contribution in [0.4, 0.5) is 4.79 Å². The van der Waals surface area contributed by atoms with Crippen molar-refractivity contribution in [2.75, 3.05) is 32.7 Å². The van der Waals surface area contributed by atoms with E-state index >= 15 is 0 Å². The van der Waals surface area contributed by atoms with Crippen molar-refractivity contribution >= 4 is 6.03 Å². The molecule has 3 aromatic rings. The molecule has 1 N–H and O–H groups in total. The molecule has 1 aliphatic rings. The molecule has 1 aromatic heterocycles. The molecule has 0 saturated carbocycles. The van der Waals surface area contributed by atoms with Crippen LogP contribution in [0.2, 0.25) is 0 Å². The van der Waals surface area contributed by atoms with Gasteiger partial charge in [0.15, 0.2) is 0 Å². The van der Waals surface area contributed by atoms with Crippen molar-refractivity contribution in [2.45, 2.75) is 26.8 Å². The van der Waals surface area contributed by atoms with E-state index in [-0.39, 0.29) is 6.03 Å². The predicted molar refractivity (Wildman–Crippen MR) is 122 cm³/mol. The lowest BCUT2D eigenvalue weighted by Crippen LogP contribution is -2.51. The first-order chi connectivity index (χ1) is 15.1. The number of nitrogens with one attached hydrogen (secondary N) is 1. The van der Waals surface area contributed by atoms with Gasteiger partial charge in [0.1, 0.15) is 6.26 Å². The molecule has 0 radical (unpaired) electrons. The number of piperazine rings is 1. The second kappa shape index (κ2) is 9.79. The fraction of sp³-hybridized carbons (Fsp3) is 0.360. The first-order valence-corrected chi connectivity index (χ1v) is 10.9. The molecule has 6 nitrogen and oxygen atoms in total. The van der Waals surface area contributed by atoms with E-state index in [1.54, 1.807) is 6.26 Å². The van der Waals surface area contributed by atoms with E-state index in [0.717, 1.165) is 44.0 Å². The number of nitrogens with zero attached hydrogens (tertiary/aromatic N) is 3. The number of hydrogen-bond donors (Lipinski definition) is 1. The monoisotopic (exact) mass is 418 g/mol. The van der Waals surface area contributed by atoms with Crippen LogP contribution in [0.5, 0.6) is 0 Å². The van der Waals surface area contributed by atoms with Crippen LogP contribution in [0.25, 0.3) is 11.5 Å². The molecule has 6 heteroatoms. The highest BCUT2D eigenvalue weighted by atomic mass is 16.3. The molecule has 0 atom stereocenters. The summed E-state index contributed by atoms with van der Waals surface area (Å²) < 4.78 is 5.59. The Hall–Kier alpha value is -3.12. The summed E-state index contributed by atoms with van der Waals surface area (Å²) in [6, 6.07) is 16.7. The Morgan fingerprint density at radius 3 is 2.55 bits per heavy atom. The van der Waals surface area contributed by atoms with Gasteiger partial charge in [-0.05, 0) is 31.5 Å². The molecule has 162 valence electrons. The molecule has 0 bridgehead atoms. The first kappa shape index (κ1) is 21.1. The normalized spacial score (nSPS) is 14.6. The summed E-state index contributed by atoms with van der Waals surface area (Å²) in [4.78, 5) is 21.3. The lowest BCUT2D eigenvalue weighted by Gasteiger charge is -2.34. The number of hydrogen-bond acceptors (Lipinski definition) is 4. The Labute approximate surface area is 183 Å². The molecule has 1 aliphatic heterocycles. The number of amides is 2. The number of aryl methyl sites for hydroxylation is 2. The lowest BCUT2D eigenvalue weighted by atomic mass is 10.1. The molecule has 2 aromatic carbocycles. The fourth-order valence-electron chi connectivity index (χ4n) is 3.84. The second-order valence-corrected chi connectivity index (χ2v) is 8.24. The molecule has 1 fully saturated rings. The van der Waals surface area contributed by atoms with Gasteiger partial charge in [-0.15, -0.1) is 0 Å². The highest BCUT2D eigenvalue weighted by molar-refractivity contribution is 5.74. The molecule has 2 amide bonds. The molecular formula is C25H30N4O2. The van der Waals surface area contributed by atoms with Gasteiger partial charge in [0.05, 0.1) is 5.69 Å². The number of carbonyl (C=O) groups excluding carboxylic acids is 1. The molecule has 0 unspecified atom stereocenters. The van der Waals surface area contributed by atoms with Gasteiger partial charge in [0.2, 0.25) is 5.89 Å². The topological polar surface area (TPSA) is 61.6 Å². The van der Waals surface area contributed by atoms with Gasteiger partial charge in [-0.25, -0.2) is 9.78 Å². The van der Waals surface area contributed by atoms with Crippen LogP contribution in [-0.4, -0.2) is 53.5 Å². The predicted octanol–water partition coefficient (Wildman–Crippen LogP) is 4.03. The Kier molecular flexibility index (Phi) is 6.67. The largest absolute Gasteiger partial charge is 0.444 e. The summed E-state index contributed by atoms with van der Waals surface area (Å²) in [5, 5.41) is 3.02. The third-order valence-electron chi connectivity index (χ3n) is 5.66. The Morgan fingerprint density at radius 2 is 1.81 bits per heavy atom. The Balaban J connectivity index is 1.19. The van der Waals surface area contributed by atoms with Crippen LogP contribution in [0.15, 0.2) is 59.2 Å². The van der Waals surface area contributed by atoms with Crippen molar-refractivity contribution in [2.24, 2.45) is 0 Å². The SMILES string of the molecule is Cc1ccc(-c2nc(CCNC(=O)N3CCN(Cc4cccc(C)c4)CC3)co2)cc1. The summed E-state index contributed by atoms with van der Waals surface area (Å²) in [7, 11) is 0. The van der Waals surface area contributed by atoms with Gasteiger partial charge in [-0.1, -0.05) is 47.5 Å². The van der Waals surface area contributed by atoms with E-state index in [9.17, 15) is 4.79 Å². The van der Waals surface area contributed by atoms with Gasteiger partial charge in [-0.2, -0.15) is 0 Å².